The van der Waals surface area contributed by atoms with Crippen molar-refractivity contribution in [2.24, 2.45) is 5.73 Å². The van der Waals surface area contributed by atoms with Crippen molar-refractivity contribution in [2.45, 2.75) is 13.3 Å². The summed E-state index contributed by atoms with van der Waals surface area (Å²) in [4.78, 5) is 18.9. The van der Waals surface area contributed by atoms with Gasteiger partial charge in [0, 0.05) is 36.0 Å². The smallest absolute Gasteiger partial charge is 0.270 e. The van der Waals surface area contributed by atoms with E-state index in [9.17, 15) is 10.1 Å². The Morgan fingerprint density at radius 3 is 2.84 bits per heavy atom. The van der Waals surface area contributed by atoms with Gasteiger partial charge in [0.25, 0.3) is 5.69 Å². The number of benzene rings is 1. The fraction of sp³-hybridized carbons (Fsp3) is 0.231. The molecule has 2 N–H and O–H groups in total. The predicted molar refractivity (Wildman–Crippen MR) is 71.6 cm³/mol. The molecule has 19 heavy (non-hydrogen) atoms. The first kappa shape index (κ1) is 13.1. The lowest BCUT2D eigenvalue weighted by Gasteiger charge is -2.06. The van der Waals surface area contributed by atoms with E-state index in [4.69, 9.17) is 5.73 Å². The van der Waals surface area contributed by atoms with Crippen LogP contribution in [-0.4, -0.2) is 21.4 Å². The molecule has 0 aliphatic rings. The molecule has 1 aromatic carbocycles. The Kier molecular flexibility index (Phi) is 3.82. The number of nitro benzene ring substituents is 1. The van der Waals surface area contributed by atoms with Crippen molar-refractivity contribution in [3.05, 3.63) is 51.8 Å². The first-order valence-electron chi connectivity index (χ1n) is 5.89. The van der Waals surface area contributed by atoms with Crippen LogP contribution in [0.15, 0.2) is 30.5 Å². The molecule has 0 bridgehead atoms. The summed E-state index contributed by atoms with van der Waals surface area (Å²) in [6, 6.07) is 6.47. The van der Waals surface area contributed by atoms with Crippen LogP contribution in [0, 0.1) is 17.0 Å². The first-order valence-corrected chi connectivity index (χ1v) is 5.89. The average Bonchev–Trinajstić information content (AvgIpc) is 2.39. The van der Waals surface area contributed by atoms with Gasteiger partial charge in [-0.25, -0.2) is 9.97 Å². The molecule has 0 unspecified atom stereocenters. The van der Waals surface area contributed by atoms with Crippen LogP contribution in [0.25, 0.3) is 11.4 Å². The highest BCUT2D eigenvalue weighted by molar-refractivity contribution is 5.63. The molecule has 2 aromatic rings. The molecule has 0 atom stereocenters. The molecule has 1 heterocycles. The monoisotopic (exact) mass is 258 g/mol. The summed E-state index contributed by atoms with van der Waals surface area (Å²) in [5, 5.41) is 10.8. The first-order chi connectivity index (χ1) is 9.11. The van der Waals surface area contributed by atoms with E-state index in [-0.39, 0.29) is 5.69 Å². The topological polar surface area (TPSA) is 94.9 Å². The number of hydrogen-bond acceptors (Lipinski definition) is 5. The van der Waals surface area contributed by atoms with E-state index >= 15 is 0 Å². The number of hydrogen-bond donors (Lipinski definition) is 1. The third kappa shape index (κ3) is 2.92. The van der Waals surface area contributed by atoms with Gasteiger partial charge in [0.15, 0.2) is 5.82 Å². The van der Waals surface area contributed by atoms with Gasteiger partial charge < -0.3 is 5.73 Å². The third-order valence-electron chi connectivity index (χ3n) is 2.79. The van der Waals surface area contributed by atoms with E-state index < -0.39 is 4.92 Å². The summed E-state index contributed by atoms with van der Waals surface area (Å²) >= 11 is 0. The molecule has 0 aliphatic carbocycles. The van der Waals surface area contributed by atoms with E-state index in [0.29, 0.717) is 24.4 Å². The van der Waals surface area contributed by atoms with Gasteiger partial charge in [-0.05, 0) is 25.1 Å². The fourth-order valence-electron chi connectivity index (χ4n) is 1.78. The molecule has 0 saturated heterocycles. The van der Waals surface area contributed by atoms with Gasteiger partial charge in [0.1, 0.15) is 0 Å². The Morgan fingerprint density at radius 2 is 2.16 bits per heavy atom. The zero-order valence-corrected chi connectivity index (χ0v) is 10.5. The van der Waals surface area contributed by atoms with Crippen molar-refractivity contribution < 1.29 is 4.92 Å². The van der Waals surface area contributed by atoms with Crippen LogP contribution >= 0.6 is 0 Å². The summed E-state index contributed by atoms with van der Waals surface area (Å²) in [5.41, 5.74) is 7.93. The SMILES string of the molecule is Cc1ccc([N+](=O)[O-])cc1-c1nccc(CCN)n1. The van der Waals surface area contributed by atoms with Gasteiger partial charge in [-0.1, -0.05) is 6.07 Å². The number of nitrogens with two attached hydrogens (primary N) is 1. The minimum absolute atomic E-state index is 0.0356. The standard InChI is InChI=1S/C13H14N4O2/c1-9-2-3-11(17(18)19)8-12(9)13-15-7-5-10(16-13)4-6-14/h2-3,5,7-8H,4,6,14H2,1H3. The highest BCUT2D eigenvalue weighted by Gasteiger charge is 2.12. The lowest BCUT2D eigenvalue weighted by Crippen LogP contribution is -2.05. The number of non-ortho nitro benzene ring substituents is 1. The van der Waals surface area contributed by atoms with Crippen molar-refractivity contribution in [3.8, 4) is 11.4 Å². The maximum absolute atomic E-state index is 10.8. The normalized spacial score (nSPS) is 10.4. The molecule has 1 aromatic heterocycles. The van der Waals surface area contributed by atoms with Crippen molar-refractivity contribution in [3.63, 3.8) is 0 Å². The quantitative estimate of drug-likeness (QED) is 0.667. The highest BCUT2D eigenvalue weighted by Crippen LogP contribution is 2.24. The second-order valence-electron chi connectivity index (χ2n) is 4.17. The lowest BCUT2D eigenvalue weighted by atomic mass is 10.1. The molecule has 6 nitrogen and oxygen atoms in total. The zero-order valence-electron chi connectivity index (χ0n) is 10.5. The molecule has 6 heteroatoms. The number of nitrogens with zero attached hydrogens (tertiary/aromatic N) is 3. The van der Waals surface area contributed by atoms with Crippen LogP contribution in [0.1, 0.15) is 11.3 Å². The molecule has 0 spiro atoms. The summed E-state index contributed by atoms with van der Waals surface area (Å²) in [6.07, 6.45) is 2.30. The molecular weight excluding hydrogens is 244 g/mol. The summed E-state index contributed by atoms with van der Waals surface area (Å²) in [7, 11) is 0. The second-order valence-corrected chi connectivity index (χ2v) is 4.17. The molecule has 2 rings (SSSR count). The molecule has 0 saturated carbocycles. The van der Waals surface area contributed by atoms with Crippen molar-refractivity contribution in [2.75, 3.05) is 6.54 Å². The maximum Gasteiger partial charge on any atom is 0.270 e. The van der Waals surface area contributed by atoms with E-state index in [1.165, 1.54) is 12.1 Å². The Hall–Kier alpha value is -2.34. The van der Waals surface area contributed by atoms with Crippen LogP contribution in [0.3, 0.4) is 0 Å². The van der Waals surface area contributed by atoms with E-state index in [1.807, 2.05) is 6.92 Å². The van der Waals surface area contributed by atoms with Gasteiger partial charge in [0.05, 0.1) is 4.92 Å². The Bertz CT molecular complexity index is 613. The third-order valence-corrected chi connectivity index (χ3v) is 2.79. The highest BCUT2D eigenvalue weighted by atomic mass is 16.6. The number of aryl methyl sites for hydroxylation is 1. The molecule has 0 radical (unpaired) electrons. The minimum atomic E-state index is -0.424. The maximum atomic E-state index is 10.8. The average molecular weight is 258 g/mol. The van der Waals surface area contributed by atoms with Gasteiger partial charge in [0.2, 0.25) is 0 Å². The Balaban J connectivity index is 2.48. The summed E-state index contributed by atoms with van der Waals surface area (Å²) in [5.74, 6) is 0.493. The van der Waals surface area contributed by atoms with Crippen molar-refractivity contribution in [1.82, 2.24) is 9.97 Å². The van der Waals surface area contributed by atoms with Crippen LogP contribution < -0.4 is 5.73 Å². The number of aromatic nitrogens is 2. The largest absolute Gasteiger partial charge is 0.330 e. The van der Waals surface area contributed by atoms with Gasteiger partial charge in [-0.15, -0.1) is 0 Å². The van der Waals surface area contributed by atoms with Gasteiger partial charge >= 0.3 is 0 Å². The summed E-state index contributed by atoms with van der Waals surface area (Å²) < 4.78 is 0. The van der Waals surface area contributed by atoms with E-state index in [1.54, 1.807) is 18.3 Å². The van der Waals surface area contributed by atoms with Crippen LogP contribution in [0.2, 0.25) is 0 Å². The van der Waals surface area contributed by atoms with Crippen LogP contribution in [0.5, 0.6) is 0 Å². The van der Waals surface area contributed by atoms with Crippen LogP contribution in [-0.2, 0) is 6.42 Å². The predicted octanol–water partition coefficient (Wildman–Crippen LogP) is 1.86. The van der Waals surface area contributed by atoms with Gasteiger partial charge in [-0.3, -0.25) is 10.1 Å². The summed E-state index contributed by atoms with van der Waals surface area (Å²) in [6.45, 7) is 2.38. The van der Waals surface area contributed by atoms with Crippen molar-refractivity contribution in [1.29, 1.82) is 0 Å². The molecule has 98 valence electrons. The number of nitro groups is 1. The molecule has 0 fully saturated rings. The number of rotatable bonds is 4. The zero-order chi connectivity index (χ0) is 13.8. The van der Waals surface area contributed by atoms with E-state index in [2.05, 4.69) is 9.97 Å². The molecule has 0 amide bonds. The minimum Gasteiger partial charge on any atom is -0.330 e. The fourth-order valence-corrected chi connectivity index (χ4v) is 1.78. The lowest BCUT2D eigenvalue weighted by molar-refractivity contribution is -0.384. The van der Waals surface area contributed by atoms with Gasteiger partial charge in [-0.2, -0.15) is 0 Å². The molecular formula is C13H14N4O2. The van der Waals surface area contributed by atoms with Crippen LogP contribution in [0.4, 0.5) is 5.69 Å². The second kappa shape index (κ2) is 5.53. The van der Waals surface area contributed by atoms with Crippen molar-refractivity contribution >= 4 is 5.69 Å². The Labute approximate surface area is 110 Å². The van der Waals surface area contributed by atoms with E-state index in [0.717, 1.165) is 11.3 Å². The molecule has 0 aliphatic heterocycles. The Morgan fingerprint density at radius 1 is 1.37 bits per heavy atom.